The summed E-state index contributed by atoms with van der Waals surface area (Å²) in [6, 6.07) is 6.00. The molecule has 0 saturated carbocycles. The average molecular weight is 261 g/mol. The van der Waals surface area contributed by atoms with Crippen molar-refractivity contribution in [2.75, 3.05) is 19.9 Å². The van der Waals surface area contributed by atoms with Crippen molar-refractivity contribution < 1.29 is 14.3 Å². The first-order valence-corrected chi connectivity index (χ1v) is 6.95. The van der Waals surface area contributed by atoms with Crippen LogP contribution >= 0.6 is 0 Å². The number of benzene rings is 1. The van der Waals surface area contributed by atoms with Gasteiger partial charge in [-0.05, 0) is 44.0 Å². The van der Waals surface area contributed by atoms with Crippen molar-refractivity contribution in [3.8, 4) is 11.5 Å². The predicted molar refractivity (Wildman–Crippen MR) is 71.8 cm³/mol. The Hall–Kier alpha value is -1.55. The first-order chi connectivity index (χ1) is 9.28. The molecule has 0 bridgehead atoms. The van der Waals surface area contributed by atoms with Crippen molar-refractivity contribution in [2.45, 2.75) is 32.2 Å². The predicted octanol–water partition coefficient (Wildman–Crippen LogP) is 2.47. The third-order valence-electron chi connectivity index (χ3n) is 4.01. The third kappa shape index (κ3) is 2.45. The van der Waals surface area contributed by atoms with Crippen molar-refractivity contribution >= 4 is 5.78 Å². The van der Waals surface area contributed by atoms with Crippen molar-refractivity contribution in [3.05, 3.63) is 23.8 Å². The lowest BCUT2D eigenvalue weighted by Crippen LogP contribution is -2.33. The van der Waals surface area contributed by atoms with Gasteiger partial charge in [0.25, 0.3) is 0 Å². The molecule has 0 aromatic heterocycles. The minimum Gasteiger partial charge on any atom is -0.454 e. The smallest absolute Gasteiger partial charge is 0.231 e. The summed E-state index contributed by atoms with van der Waals surface area (Å²) in [5.41, 5.74) is 0.714. The molecule has 0 spiro atoms. The molecule has 2 heterocycles. The Kier molecular flexibility index (Phi) is 3.42. The molecule has 19 heavy (non-hydrogen) atoms. The standard InChI is InChI=1S/C15H19NO3/c1-2-12-4-3-7-16(12)9-13(17)11-5-6-14-15(8-11)19-10-18-14/h5-6,8,12H,2-4,7,9-10H2,1H3. The number of likely N-dealkylation sites (tertiary alicyclic amines) is 1. The van der Waals surface area contributed by atoms with Gasteiger partial charge in [-0.2, -0.15) is 0 Å². The second-order valence-corrected chi connectivity index (χ2v) is 5.17. The lowest BCUT2D eigenvalue weighted by Gasteiger charge is -2.22. The largest absolute Gasteiger partial charge is 0.454 e. The number of hydrogen-bond acceptors (Lipinski definition) is 4. The van der Waals surface area contributed by atoms with E-state index in [1.165, 1.54) is 12.8 Å². The van der Waals surface area contributed by atoms with Crippen LogP contribution in [0.5, 0.6) is 11.5 Å². The van der Waals surface area contributed by atoms with Gasteiger partial charge in [0.1, 0.15) is 0 Å². The minimum absolute atomic E-state index is 0.165. The maximum atomic E-state index is 12.3. The molecule has 1 saturated heterocycles. The number of hydrogen-bond donors (Lipinski definition) is 0. The third-order valence-corrected chi connectivity index (χ3v) is 4.01. The molecule has 4 heteroatoms. The number of fused-ring (bicyclic) bond motifs is 1. The van der Waals surface area contributed by atoms with E-state index in [-0.39, 0.29) is 12.6 Å². The summed E-state index contributed by atoms with van der Waals surface area (Å²) in [7, 11) is 0. The zero-order chi connectivity index (χ0) is 13.2. The number of rotatable bonds is 4. The van der Waals surface area contributed by atoms with E-state index in [9.17, 15) is 4.79 Å². The molecule has 102 valence electrons. The summed E-state index contributed by atoms with van der Waals surface area (Å²) < 4.78 is 10.6. The summed E-state index contributed by atoms with van der Waals surface area (Å²) in [6.45, 7) is 3.98. The first kappa shape index (κ1) is 12.5. The van der Waals surface area contributed by atoms with Crippen molar-refractivity contribution in [3.63, 3.8) is 0 Å². The van der Waals surface area contributed by atoms with Gasteiger partial charge in [-0.3, -0.25) is 9.69 Å². The second-order valence-electron chi connectivity index (χ2n) is 5.17. The van der Waals surface area contributed by atoms with Crippen LogP contribution in [0.3, 0.4) is 0 Å². The van der Waals surface area contributed by atoms with Gasteiger partial charge < -0.3 is 9.47 Å². The Labute approximate surface area is 113 Å². The summed E-state index contributed by atoms with van der Waals surface area (Å²) in [6.07, 6.45) is 3.53. The Morgan fingerprint density at radius 3 is 3.05 bits per heavy atom. The van der Waals surface area contributed by atoms with Crippen LogP contribution in [-0.2, 0) is 0 Å². The highest BCUT2D eigenvalue weighted by Crippen LogP contribution is 2.32. The first-order valence-electron chi connectivity index (χ1n) is 6.95. The molecule has 1 fully saturated rings. The Bertz CT molecular complexity index is 486. The number of carbonyl (C=O) groups is 1. The highest BCUT2D eigenvalue weighted by Gasteiger charge is 2.25. The van der Waals surface area contributed by atoms with E-state index in [0.29, 0.717) is 23.9 Å². The molecule has 2 aliphatic rings. The van der Waals surface area contributed by atoms with Gasteiger partial charge in [0.15, 0.2) is 17.3 Å². The Morgan fingerprint density at radius 2 is 2.21 bits per heavy atom. The average Bonchev–Trinajstić information content (AvgIpc) is 3.05. The summed E-state index contributed by atoms with van der Waals surface area (Å²) >= 11 is 0. The van der Waals surface area contributed by atoms with E-state index >= 15 is 0 Å². The SMILES string of the molecule is CCC1CCCN1CC(=O)c1ccc2c(c1)OCO2. The Morgan fingerprint density at radius 1 is 1.37 bits per heavy atom. The van der Waals surface area contributed by atoms with E-state index in [2.05, 4.69) is 11.8 Å². The minimum atomic E-state index is 0.165. The summed E-state index contributed by atoms with van der Waals surface area (Å²) in [4.78, 5) is 14.6. The highest BCUT2D eigenvalue weighted by molar-refractivity contribution is 5.98. The fourth-order valence-electron chi connectivity index (χ4n) is 2.91. The van der Waals surface area contributed by atoms with Crippen LogP contribution in [0.25, 0.3) is 0 Å². The monoisotopic (exact) mass is 261 g/mol. The Balaban J connectivity index is 1.70. The van der Waals surface area contributed by atoms with Crippen LogP contribution in [0.4, 0.5) is 0 Å². The van der Waals surface area contributed by atoms with Crippen molar-refractivity contribution in [1.82, 2.24) is 4.90 Å². The number of ketones is 1. The second kappa shape index (κ2) is 5.21. The van der Waals surface area contributed by atoms with E-state index in [4.69, 9.17) is 9.47 Å². The quantitative estimate of drug-likeness (QED) is 0.780. The van der Waals surface area contributed by atoms with Gasteiger partial charge >= 0.3 is 0 Å². The zero-order valence-corrected chi connectivity index (χ0v) is 11.2. The lowest BCUT2D eigenvalue weighted by atomic mass is 10.1. The molecule has 2 aliphatic heterocycles. The van der Waals surface area contributed by atoms with Gasteiger partial charge in [-0.25, -0.2) is 0 Å². The molecule has 3 rings (SSSR count). The van der Waals surface area contributed by atoms with Crippen LogP contribution in [-0.4, -0.2) is 36.6 Å². The molecule has 0 radical (unpaired) electrons. The lowest BCUT2D eigenvalue weighted by molar-refractivity contribution is 0.0920. The topological polar surface area (TPSA) is 38.8 Å². The molecule has 0 N–H and O–H groups in total. The van der Waals surface area contributed by atoms with Crippen LogP contribution < -0.4 is 9.47 Å². The van der Waals surface area contributed by atoms with E-state index in [1.807, 2.05) is 12.1 Å². The van der Waals surface area contributed by atoms with Gasteiger partial charge in [-0.15, -0.1) is 0 Å². The van der Waals surface area contributed by atoms with Crippen LogP contribution in [0.15, 0.2) is 18.2 Å². The molecule has 1 unspecified atom stereocenters. The molecular formula is C15H19NO3. The molecule has 1 atom stereocenters. The number of ether oxygens (including phenoxy) is 2. The highest BCUT2D eigenvalue weighted by atomic mass is 16.7. The van der Waals surface area contributed by atoms with Gasteiger partial charge in [0.05, 0.1) is 6.54 Å². The summed E-state index contributed by atoms with van der Waals surface area (Å²) in [5, 5.41) is 0. The normalized spacial score (nSPS) is 21.8. The maximum Gasteiger partial charge on any atom is 0.231 e. The molecule has 4 nitrogen and oxygen atoms in total. The van der Waals surface area contributed by atoms with Gasteiger partial charge in [0.2, 0.25) is 6.79 Å². The number of Topliss-reactive ketones (excluding diaryl/α,β-unsaturated/α-hetero) is 1. The van der Waals surface area contributed by atoms with E-state index < -0.39 is 0 Å². The number of nitrogens with zero attached hydrogens (tertiary/aromatic N) is 1. The van der Waals surface area contributed by atoms with Crippen LogP contribution in [0.1, 0.15) is 36.5 Å². The maximum absolute atomic E-state index is 12.3. The zero-order valence-electron chi connectivity index (χ0n) is 11.2. The van der Waals surface area contributed by atoms with Crippen LogP contribution in [0, 0.1) is 0 Å². The number of carbonyl (C=O) groups excluding carboxylic acids is 1. The van der Waals surface area contributed by atoms with Crippen LogP contribution in [0.2, 0.25) is 0 Å². The molecule has 0 amide bonds. The fraction of sp³-hybridized carbons (Fsp3) is 0.533. The summed E-state index contributed by atoms with van der Waals surface area (Å²) in [5.74, 6) is 1.57. The fourth-order valence-corrected chi connectivity index (χ4v) is 2.91. The molecule has 1 aromatic rings. The van der Waals surface area contributed by atoms with Gasteiger partial charge in [-0.1, -0.05) is 6.92 Å². The molecular weight excluding hydrogens is 242 g/mol. The molecule has 1 aromatic carbocycles. The van der Waals surface area contributed by atoms with Gasteiger partial charge in [0, 0.05) is 11.6 Å². The van der Waals surface area contributed by atoms with E-state index in [0.717, 1.165) is 18.7 Å². The van der Waals surface area contributed by atoms with Crippen molar-refractivity contribution in [1.29, 1.82) is 0 Å². The van der Waals surface area contributed by atoms with E-state index in [1.54, 1.807) is 6.07 Å². The molecule has 0 aliphatic carbocycles. The van der Waals surface area contributed by atoms with Crippen molar-refractivity contribution in [2.24, 2.45) is 0 Å².